The van der Waals surface area contributed by atoms with Crippen molar-refractivity contribution in [3.05, 3.63) is 88.9 Å². The summed E-state index contributed by atoms with van der Waals surface area (Å²) in [7, 11) is 0. The summed E-state index contributed by atoms with van der Waals surface area (Å²) in [4.78, 5) is 26.6. The van der Waals surface area contributed by atoms with E-state index in [0.717, 1.165) is 0 Å². The molecule has 0 aromatic heterocycles. The van der Waals surface area contributed by atoms with Gasteiger partial charge >= 0.3 is 12.1 Å². The number of carbonyl (C=O) groups excluding carboxylic acids is 2. The molecule has 3 aromatic rings. The molecular formula is C22H20Cl2N4O2. The maximum absolute atomic E-state index is 12.9. The Bertz CT molecular complexity index is 1010. The van der Waals surface area contributed by atoms with Crippen molar-refractivity contribution in [3.63, 3.8) is 0 Å². The molecule has 0 radical (unpaired) electrons. The number of amides is 4. The van der Waals surface area contributed by atoms with Gasteiger partial charge in [-0.15, -0.1) is 0 Å². The van der Waals surface area contributed by atoms with Crippen molar-refractivity contribution in [3.8, 4) is 0 Å². The number of para-hydroxylation sites is 3. The third kappa shape index (κ3) is 5.89. The fourth-order valence-corrected chi connectivity index (χ4v) is 3.08. The number of benzene rings is 3. The predicted octanol–water partition coefficient (Wildman–Crippen LogP) is 5.85. The second-order valence-electron chi connectivity index (χ2n) is 6.26. The van der Waals surface area contributed by atoms with E-state index in [1.165, 1.54) is 4.90 Å². The molecule has 0 bridgehead atoms. The highest BCUT2D eigenvalue weighted by Crippen LogP contribution is 2.22. The van der Waals surface area contributed by atoms with Crippen LogP contribution in [0.25, 0.3) is 0 Å². The minimum atomic E-state index is -0.414. The van der Waals surface area contributed by atoms with Gasteiger partial charge in [0, 0.05) is 18.8 Å². The quantitative estimate of drug-likeness (QED) is 0.447. The number of nitrogens with one attached hydrogen (secondary N) is 3. The molecule has 0 fully saturated rings. The topological polar surface area (TPSA) is 73.5 Å². The van der Waals surface area contributed by atoms with Crippen LogP contribution >= 0.6 is 23.2 Å². The Morgan fingerprint density at radius 1 is 0.733 bits per heavy atom. The molecule has 8 heteroatoms. The van der Waals surface area contributed by atoms with E-state index < -0.39 is 6.03 Å². The first-order valence-corrected chi connectivity index (χ1v) is 9.97. The van der Waals surface area contributed by atoms with Gasteiger partial charge in [0.05, 0.1) is 21.4 Å². The van der Waals surface area contributed by atoms with E-state index in [-0.39, 0.29) is 19.1 Å². The Morgan fingerprint density at radius 3 is 1.87 bits per heavy atom. The van der Waals surface area contributed by atoms with Crippen LogP contribution in [0.15, 0.2) is 78.9 Å². The molecule has 3 aromatic carbocycles. The number of urea groups is 2. The van der Waals surface area contributed by atoms with Gasteiger partial charge in [0.25, 0.3) is 0 Å². The molecule has 0 aliphatic rings. The number of halogens is 2. The highest BCUT2D eigenvalue weighted by atomic mass is 35.5. The Balaban J connectivity index is 1.63. The lowest BCUT2D eigenvalue weighted by molar-refractivity contribution is 0.250. The van der Waals surface area contributed by atoms with Crippen LogP contribution in [0.1, 0.15) is 0 Å². The average molecular weight is 443 g/mol. The Labute approximate surface area is 184 Å². The van der Waals surface area contributed by atoms with E-state index in [1.807, 2.05) is 30.3 Å². The number of nitrogens with zero attached hydrogens (tertiary/aromatic N) is 1. The molecule has 0 spiro atoms. The van der Waals surface area contributed by atoms with Crippen LogP contribution in [0.5, 0.6) is 0 Å². The fourth-order valence-electron chi connectivity index (χ4n) is 2.71. The van der Waals surface area contributed by atoms with E-state index in [4.69, 9.17) is 23.2 Å². The summed E-state index contributed by atoms with van der Waals surface area (Å²) in [6.07, 6.45) is 0. The smallest absolute Gasteiger partial charge is 0.326 e. The number of rotatable bonds is 6. The molecular weight excluding hydrogens is 423 g/mol. The fraction of sp³-hybridized carbons (Fsp3) is 0.0909. The first-order chi connectivity index (χ1) is 14.5. The summed E-state index contributed by atoms with van der Waals surface area (Å²) in [6.45, 7) is 0.470. The number of carbonyl (C=O) groups is 2. The van der Waals surface area contributed by atoms with Crippen LogP contribution in [0, 0.1) is 0 Å². The lowest BCUT2D eigenvalue weighted by Crippen LogP contribution is -2.42. The van der Waals surface area contributed by atoms with Crippen molar-refractivity contribution in [2.45, 2.75) is 0 Å². The van der Waals surface area contributed by atoms with Gasteiger partial charge < -0.3 is 16.0 Å². The van der Waals surface area contributed by atoms with Gasteiger partial charge in [-0.1, -0.05) is 65.7 Å². The van der Waals surface area contributed by atoms with Crippen LogP contribution in [0.3, 0.4) is 0 Å². The van der Waals surface area contributed by atoms with Crippen molar-refractivity contribution in [1.82, 2.24) is 5.32 Å². The molecule has 0 heterocycles. The van der Waals surface area contributed by atoms with Crippen molar-refractivity contribution < 1.29 is 9.59 Å². The van der Waals surface area contributed by atoms with Crippen LogP contribution < -0.4 is 20.9 Å². The molecule has 0 saturated carbocycles. The Kier molecular flexibility index (Phi) is 7.54. The van der Waals surface area contributed by atoms with E-state index in [9.17, 15) is 9.59 Å². The van der Waals surface area contributed by atoms with Gasteiger partial charge in [0.1, 0.15) is 0 Å². The Morgan fingerprint density at radius 2 is 1.27 bits per heavy atom. The van der Waals surface area contributed by atoms with E-state index in [0.29, 0.717) is 27.1 Å². The molecule has 154 valence electrons. The monoisotopic (exact) mass is 442 g/mol. The molecule has 3 rings (SSSR count). The minimum absolute atomic E-state index is 0.223. The third-order valence-corrected chi connectivity index (χ3v) is 4.83. The average Bonchev–Trinajstić information content (AvgIpc) is 2.75. The first kappa shape index (κ1) is 21.5. The SMILES string of the molecule is O=C(NCCN(C(=O)Nc1ccccc1Cl)c1ccccc1)Nc1ccccc1Cl. The predicted molar refractivity (Wildman–Crippen MR) is 123 cm³/mol. The molecule has 30 heavy (non-hydrogen) atoms. The molecule has 0 aliphatic carbocycles. The lowest BCUT2D eigenvalue weighted by atomic mass is 10.3. The summed E-state index contributed by atoms with van der Waals surface area (Å²) in [5, 5.41) is 9.10. The maximum atomic E-state index is 12.9. The standard InChI is InChI=1S/C22H20Cl2N4O2/c23-17-10-4-6-12-19(17)26-21(29)25-14-15-28(16-8-2-1-3-9-16)22(30)27-20-13-7-5-11-18(20)24/h1-13H,14-15H2,(H,27,30)(H2,25,26,29). The molecule has 3 N–H and O–H groups in total. The van der Waals surface area contributed by atoms with Crippen molar-refractivity contribution in [2.75, 3.05) is 28.6 Å². The Hall–Kier alpha value is -3.22. The molecule has 4 amide bonds. The zero-order valence-corrected chi connectivity index (χ0v) is 17.5. The largest absolute Gasteiger partial charge is 0.336 e. The van der Waals surface area contributed by atoms with Crippen molar-refractivity contribution in [1.29, 1.82) is 0 Å². The summed E-state index contributed by atoms with van der Waals surface area (Å²) in [5.41, 5.74) is 1.71. The van der Waals surface area contributed by atoms with Crippen molar-refractivity contribution >= 4 is 52.3 Å². The normalized spacial score (nSPS) is 10.2. The summed E-state index contributed by atoms with van der Waals surface area (Å²) < 4.78 is 0. The van der Waals surface area contributed by atoms with Crippen molar-refractivity contribution in [2.24, 2.45) is 0 Å². The zero-order chi connectivity index (χ0) is 21.3. The van der Waals surface area contributed by atoms with E-state index in [1.54, 1.807) is 48.5 Å². The lowest BCUT2D eigenvalue weighted by Gasteiger charge is -2.24. The highest BCUT2D eigenvalue weighted by Gasteiger charge is 2.17. The van der Waals surface area contributed by atoms with Crippen LogP contribution in [-0.4, -0.2) is 25.2 Å². The van der Waals surface area contributed by atoms with Crippen LogP contribution in [-0.2, 0) is 0 Å². The van der Waals surface area contributed by atoms with Gasteiger partial charge in [-0.25, -0.2) is 9.59 Å². The molecule has 0 unspecified atom stereocenters. The number of hydrogen-bond donors (Lipinski definition) is 3. The van der Waals surface area contributed by atoms with E-state index in [2.05, 4.69) is 16.0 Å². The second kappa shape index (κ2) is 10.5. The third-order valence-electron chi connectivity index (χ3n) is 4.17. The zero-order valence-electron chi connectivity index (χ0n) is 15.9. The second-order valence-corrected chi connectivity index (χ2v) is 7.07. The first-order valence-electron chi connectivity index (χ1n) is 9.22. The van der Waals surface area contributed by atoms with Crippen LogP contribution in [0.4, 0.5) is 26.7 Å². The van der Waals surface area contributed by atoms with Gasteiger partial charge in [-0.3, -0.25) is 4.90 Å². The van der Waals surface area contributed by atoms with Gasteiger partial charge in [-0.2, -0.15) is 0 Å². The number of anilines is 3. The molecule has 6 nitrogen and oxygen atoms in total. The van der Waals surface area contributed by atoms with E-state index >= 15 is 0 Å². The molecule has 0 atom stereocenters. The van der Waals surface area contributed by atoms with Gasteiger partial charge in [0.15, 0.2) is 0 Å². The summed E-state index contributed by atoms with van der Waals surface area (Å²) in [6, 6.07) is 22.3. The van der Waals surface area contributed by atoms with Gasteiger partial charge in [-0.05, 0) is 36.4 Å². The molecule has 0 saturated heterocycles. The summed E-state index contributed by atoms with van der Waals surface area (Å²) in [5.74, 6) is 0. The summed E-state index contributed by atoms with van der Waals surface area (Å²) >= 11 is 12.2. The highest BCUT2D eigenvalue weighted by molar-refractivity contribution is 6.34. The van der Waals surface area contributed by atoms with Crippen LogP contribution in [0.2, 0.25) is 10.0 Å². The maximum Gasteiger partial charge on any atom is 0.326 e. The van der Waals surface area contributed by atoms with Gasteiger partial charge in [0.2, 0.25) is 0 Å². The number of hydrogen-bond acceptors (Lipinski definition) is 2. The molecule has 0 aliphatic heterocycles. The minimum Gasteiger partial charge on any atom is -0.336 e.